The molecule has 2 amide bonds. The third-order valence-electron chi connectivity index (χ3n) is 7.60. The van der Waals surface area contributed by atoms with E-state index in [9.17, 15) is 9.59 Å². The van der Waals surface area contributed by atoms with E-state index in [2.05, 4.69) is 24.4 Å². The lowest BCUT2D eigenvalue weighted by Crippen LogP contribution is -2.26. The van der Waals surface area contributed by atoms with Crippen LogP contribution in [-0.4, -0.2) is 56.0 Å². The Balaban J connectivity index is 1.57. The zero-order valence-corrected chi connectivity index (χ0v) is 21.2. The number of nitrogens with zero attached hydrogens (tertiary/aromatic N) is 5. The SMILES string of the molecule is CN1C(=O)C2=C(C1=O)c1cn(c3ncccc13)CCCCCNCCCCCn1cc2c2cccnc21. The molecular formula is C29H32N6O2. The van der Waals surface area contributed by atoms with Gasteiger partial charge in [-0.25, -0.2) is 9.97 Å². The zero-order valence-electron chi connectivity index (χ0n) is 21.2. The Kier molecular flexibility index (Phi) is 6.34. The Morgan fingerprint density at radius 2 is 1.19 bits per heavy atom. The minimum Gasteiger partial charge on any atom is -0.332 e. The van der Waals surface area contributed by atoms with Crippen LogP contribution in [0.15, 0.2) is 49.1 Å². The van der Waals surface area contributed by atoms with Crippen LogP contribution in [0.5, 0.6) is 0 Å². The monoisotopic (exact) mass is 496 g/mol. The van der Waals surface area contributed by atoms with Gasteiger partial charge < -0.3 is 14.5 Å². The molecule has 4 bridgehead atoms. The summed E-state index contributed by atoms with van der Waals surface area (Å²) in [6.07, 6.45) is 14.2. The second kappa shape index (κ2) is 9.94. The number of hydrogen-bond donors (Lipinski definition) is 1. The van der Waals surface area contributed by atoms with Crippen LogP contribution in [-0.2, 0) is 22.7 Å². The van der Waals surface area contributed by atoms with Crippen molar-refractivity contribution in [3.8, 4) is 0 Å². The van der Waals surface area contributed by atoms with Gasteiger partial charge in [0.15, 0.2) is 0 Å². The second-order valence-electron chi connectivity index (χ2n) is 10.0. The summed E-state index contributed by atoms with van der Waals surface area (Å²) < 4.78 is 4.27. The molecule has 37 heavy (non-hydrogen) atoms. The van der Waals surface area contributed by atoms with Crippen molar-refractivity contribution in [2.45, 2.75) is 51.6 Å². The summed E-state index contributed by atoms with van der Waals surface area (Å²) >= 11 is 0. The lowest BCUT2D eigenvalue weighted by molar-refractivity contribution is -0.134. The van der Waals surface area contributed by atoms with E-state index in [1.54, 1.807) is 19.4 Å². The van der Waals surface area contributed by atoms with Crippen LogP contribution in [0.3, 0.4) is 0 Å². The molecule has 2 aliphatic rings. The fourth-order valence-electron chi connectivity index (χ4n) is 5.67. The Hall–Kier alpha value is -3.78. The van der Waals surface area contributed by atoms with E-state index < -0.39 is 0 Å². The van der Waals surface area contributed by atoms with Gasteiger partial charge in [-0.2, -0.15) is 0 Å². The molecule has 190 valence electrons. The quantitative estimate of drug-likeness (QED) is 0.368. The summed E-state index contributed by atoms with van der Waals surface area (Å²) in [5.41, 5.74) is 4.13. The van der Waals surface area contributed by atoms with Crippen LogP contribution in [0.1, 0.15) is 49.7 Å². The van der Waals surface area contributed by atoms with Crippen LogP contribution in [0, 0.1) is 0 Å². The number of carbonyl (C=O) groups is 2. The summed E-state index contributed by atoms with van der Waals surface area (Å²) in [4.78, 5) is 37.7. The first-order valence-corrected chi connectivity index (χ1v) is 13.3. The largest absolute Gasteiger partial charge is 0.332 e. The average Bonchev–Trinajstić information content (AvgIpc) is 3.53. The number of imide groups is 1. The van der Waals surface area contributed by atoms with Gasteiger partial charge in [0.05, 0.1) is 11.1 Å². The number of pyridine rings is 2. The fourth-order valence-corrected chi connectivity index (χ4v) is 5.67. The van der Waals surface area contributed by atoms with Crippen molar-refractivity contribution >= 4 is 45.0 Å². The molecule has 0 fully saturated rings. The molecule has 8 heteroatoms. The first-order valence-electron chi connectivity index (χ1n) is 13.3. The first kappa shape index (κ1) is 23.6. The number of rotatable bonds is 0. The highest BCUT2D eigenvalue weighted by atomic mass is 16.2. The minimum absolute atomic E-state index is 0.273. The number of aromatic nitrogens is 4. The lowest BCUT2D eigenvalue weighted by Gasteiger charge is -2.07. The molecule has 8 nitrogen and oxygen atoms in total. The van der Waals surface area contributed by atoms with Crippen LogP contribution < -0.4 is 5.32 Å². The Labute approximate surface area is 216 Å². The van der Waals surface area contributed by atoms with Crippen LogP contribution >= 0.6 is 0 Å². The van der Waals surface area contributed by atoms with Crippen molar-refractivity contribution in [3.63, 3.8) is 0 Å². The molecule has 6 rings (SSSR count). The number of fused-ring (bicyclic) bond motifs is 12. The highest BCUT2D eigenvalue weighted by Crippen LogP contribution is 2.41. The Bertz CT molecular complexity index is 1420. The highest BCUT2D eigenvalue weighted by Gasteiger charge is 2.39. The maximum Gasteiger partial charge on any atom is 0.261 e. The molecule has 0 aromatic carbocycles. The molecule has 0 saturated carbocycles. The summed E-state index contributed by atoms with van der Waals surface area (Å²) in [6.45, 7) is 3.70. The van der Waals surface area contributed by atoms with Crippen molar-refractivity contribution in [1.29, 1.82) is 0 Å². The molecule has 1 N–H and O–H groups in total. The Morgan fingerprint density at radius 3 is 1.68 bits per heavy atom. The fraction of sp³-hybridized carbons (Fsp3) is 0.379. The van der Waals surface area contributed by atoms with E-state index >= 15 is 0 Å². The molecule has 0 aliphatic carbocycles. The predicted octanol–water partition coefficient (Wildman–Crippen LogP) is 4.24. The molecule has 2 aliphatic heterocycles. The molecular weight excluding hydrogens is 464 g/mol. The molecule has 0 atom stereocenters. The van der Waals surface area contributed by atoms with Gasteiger partial charge in [-0.3, -0.25) is 14.5 Å². The smallest absolute Gasteiger partial charge is 0.261 e. The van der Waals surface area contributed by atoms with Gasteiger partial charge in [0.25, 0.3) is 11.8 Å². The standard InChI is InChI=1S/C29H32N6O2/c1-33-28(36)24-22-18-34(26-20(22)10-8-14-31-26)16-6-2-4-12-30-13-5-3-7-17-35-19-23(25(24)29(33)37)21-11-9-15-32-27(21)35/h8-11,14-15,18-19,30H,2-7,12-13,16-17H2,1H3. The third kappa shape index (κ3) is 4.15. The second-order valence-corrected chi connectivity index (χ2v) is 10.0. The maximum absolute atomic E-state index is 13.6. The van der Waals surface area contributed by atoms with Crippen molar-refractivity contribution in [2.75, 3.05) is 20.1 Å². The number of nitrogens with one attached hydrogen (secondary N) is 1. The van der Waals surface area contributed by atoms with Gasteiger partial charge >= 0.3 is 0 Å². The molecule has 4 aromatic rings. The summed E-state index contributed by atoms with van der Waals surface area (Å²) in [5, 5.41) is 5.36. The Morgan fingerprint density at radius 1 is 0.703 bits per heavy atom. The number of likely N-dealkylation sites (N-methyl/N-ethyl adjacent to an activating group) is 1. The van der Waals surface area contributed by atoms with Gasteiger partial charge in [-0.15, -0.1) is 0 Å². The predicted molar refractivity (Wildman–Crippen MR) is 145 cm³/mol. The van der Waals surface area contributed by atoms with Gasteiger partial charge in [0.2, 0.25) is 0 Å². The molecule has 6 heterocycles. The molecule has 0 radical (unpaired) electrons. The molecule has 0 saturated heterocycles. The van der Waals surface area contributed by atoms with Crippen LogP contribution in [0.2, 0.25) is 0 Å². The van der Waals surface area contributed by atoms with Crippen molar-refractivity contribution in [2.24, 2.45) is 0 Å². The van der Waals surface area contributed by atoms with E-state index in [-0.39, 0.29) is 11.8 Å². The average molecular weight is 497 g/mol. The maximum atomic E-state index is 13.6. The van der Waals surface area contributed by atoms with Crippen molar-refractivity contribution in [1.82, 2.24) is 29.3 Å². The topological polar surface area (TPSA) is 85.0 Å². The van der Waals surface area contributed by atoms with E-state index in [4.69, 9.17) is 0 Å². The summed E-state index contributed by atoms with van der Waals surface area (Å²) in [6, 6.07) is 7.77. The number of amides is 2. The summed E-state index contributed by atoms with van der Waals surface area (Å²) in [5.74, 6) is -0.547. The van der Waals surface area contributed by atoms with Gasteiger partial charge in [0.1, 0.15) is 11.3 Å². The molecule has 0 spiro atoms. The van der Waals surface area contributed by atoms with Crippen LogP contribution in [0.4, 0.5) is 0 Å². The van der Waals surface area contributed by atoms with Gasteiger partial charge in [-0.05, 0) is 63.0 Å². The van der Waals surface area contributed by atoms with Crippen molar-refractivity contribution in [3.05, 3.63) is 60.2 Å². The lowest BCUT2D eigenvalue weighted by atomic mass is 9.96. The number of aryl methyl sites for hydroxylation is 2. The third-order valence-corrected chi connectivity index (χ3v) is 7.60. The minimum atomic E-state index is -0.273. The number of hydrogen-bond acceptors (Lipinski definition) is 5. The van der Waals surface area contributed by atoms with Gasteiger partial charge in [0, 0.05) is 66.8 Å². The van der Waals surface area contributed by atoms with E-state index in [0.29, 0.717) is 11.1 Å². The van der Waals surface area contributed by atoms with Crippen LogP contribution in [0.25, 0.3) is 33.2 Å². The highest BCUT2D eigenvalue weighted by molar-refractivity contribution is 6.50. The summed E-state index contributed by atoms with van der Waals surface area (Å²) in [7, 11) is 1.57. The van der Waals surface area contributed by atoms with E-state index in [1.807, 2.05) is 36.7 Å². The molecule has 0 unspecified atom stereocenters. The number of carbonyl (C=O) groups excluding carboxylic acids is 2. The van der Waals surface area contributed by atoms with Gasteiger partial charge in [-0.1, -0.05) is 12.8 Å². The first-order chi connectivity index (χ1) is 18.1. The molecule has 4 aromatic heterocycles. The van der Waals surface area contributed by atoms with E-state index in [1.165, 1.54) is 4.90 Å². The van der Waals surface area contributed by atoms with Crippen molar-refractivity contribution < 1.29 is 9.59 Å². The zero-order chi connectivity index (χ0) is 25.4. The van der Waals surface area contributed by atoms with E-state index in [0.717, 1.165) is 97.9 Å². The normalized spacial score (nSPS) is 18.2.